The van der Waals surface area contributed by atoms with Crippen molar-refractivity contribution in [1.29, 1.82) is 0 Å². The third kappa shape index (κ3) is 18.6. The number of esters is 2. The molecule has 7 nitrogen and oxygen atoms in total. The van der Waals surface area contributed by atoms with Gasteiger partial charge in [0.05, 0.1) is 29.2 Å². The Kier molecular flexibility index (Phi) is 24.2. The van der Waals surface area contributed by atoms with Crippen LogP contribution in [0.4, 0.5) is 0 Å². The van der Waals surface area contributed by atoms with Crippen LogP contribution >= 0.6 is 0 Å². The predicted molar refractivity (Wildman–Crippen MR) is 158 cm³/mol. The fraction of sp³-hybridized carbons (Fsp3) is 0.625. The second kappa shape index (κ2) is 25.1. The van der Waals surface area contributed by atoms with Crippen LogP contribution in [0.1, 0.15) is 136 Å². The van der Waals surface area contributed by atoms with E-state index >= 15 is 0 Å². The van der Waals surface area contributed by atoms with Crippen molar-refractivity contribution in [3.05, 3.63) is 54.6 Å². The van der Waals surface area contributed by atoms with Crippen molar-refractivity contribution in [3.8, 4) is 0 Å². The summed E-state index contributed by atoms with van der Waals surface area (Å²) in [6.07, 6.45) is 22.8. The van der Waals surface area contributed by atoms with E-state index in [1.807, 2.05) is 12.2 Å². The average Bonchev–Trinajstić information content (AvgIpc) is 2.93. The van der Waals surface area contributed by atoms with Crippen LogP contribution in [-0.2, 0) is 19.6 Å². The van der Waals surface area contributed by atoms with Gasteiger partial charge in [-0.1, -0.05) is 95.3 Å². The maximum Gasteiger partial charge on any atom is 1.00 e. The minimum absolute atomic E-state index is 0. The van der Waals surface area contributed by atoms with E-state index in [2.05, 4.69) is 13.2 Å². The first-order valence-electron chi connectivity index (χ1n) is 15.0. The zero-order valence-electron chi connectivity index (χ0n) is 25.2. The molecule has 0 aliphatic heterocycles. The summed E-state index contributed by atoms with van der Waals surface area (Å²) in [7, 11) is -5.00. The van der Waals surface area contributed by atoms with E-state index in [4.69, 9.17) is 9.47 Å². The minimum atomic E-state index is -5.00. The molecule has 0 heterocycles. The fourth-order valence-electron chi connectivity index (χ4n) is 4.50. The molecular formula is C32H49NaO7S. The van der Waals surface area contributed by atoms with Crippen molar-refractivity contribution < 1.29 is 61.6 Å². The minimum Gasteiger partial charge on any atom is -0.744 e. The van der Waals surface area contributed by atoms with Gasteiger partial charge in [-0.15, -0.1) is 13.2 Å². The normalized spacial score (nSPS) is 11.0. The first-order chi connectivity index (χ1) is 19.3. The number of allylic oxidation sites excluding steroid dienone is 2. The molecule has 226 valence electrons. The summed E-state index contributed by atoms with van der Waals surface area (Å²) in [6, 6.07) is 3.56. The van der Waals surface area contributed by atoms with Gasteiger partial charge in [-0.05, 0) is 50.7 Å². The number of ether oxygens (including phenoxy) is 2. The first kappa shape index (κ1) is 39.5. The van der Waals surface area contributed by atoms with E-state index in [1.54, 1.807) is 0 Å². The number of unbranched alkanes of at least 4 members (excludes halogenated alkanes) is 16. The molecule has 0 bridgehead atoms. The molecule has 1 aromatic carbocycles. The Bertz CT molecular complexity index is 992. The average molecular weight is 601 g/mol. The molecule has 1 aromatic rings. The number of hydrogen-bond acceptors (Lipinski definition) is 7. The molecule has 0 N–H and O–H groups in total. The summed E-state index contributed by atoms with van der Waals surface area (Å²) in [5.41, 5.74) is -0.809. The Morgan fingerprint density at radius 1 is 0.659 bits per heavy atom. The number of carbonyl (C=O) groups excluding carboxylic acids is 2. The second-order valence-corrected chi connectivity index (χ2v) is 11.6. The van der Waals surface area contributed by atoms with Crippen molar-refractivity contribution in [2.75, 3.05) is 13.2 Å². The molecule has 0 saturated carbocycles. The van der Waals surface area contributed by atoms with Crippen molar-refractivity contribution >= 4 is 22.1 Å². The molecule has 9 heteroatoms. The van der Waals surface area contributed by atoms with E-state index < -0.39 is 32.5 Å². The number of hydrogen-bond donors (Lipinski definition) is 0. The Balaban J connectivity index is 0.0000160. The molecule has 0 unspecified atom stereocenters. The smallest absolute Gasteiger partial charge is 0.744 e. The zero-order valence-corrected chi connectivity index (χ0v) is 28.0. The van der Waals surface area contributed by atoms with Gasteiger partial charge in [0, 0.05) is 0 Å². The quantitative estimate of drug-likeness (QED) is 0.0492. The van der Waals surface area contributed by atoms with Gasteiger partial charge >= 0.3 is 41.5 Å². The predicted octanol–water partition coefficient (Wildman–Crippen LogP) is 5.30. The van der Waals surface area contributed by atoms with Gasteiger partial charge in [0.1, 0.15) is 10.1 Å². The number of benzene rings is 1. The molecule has 41 heavy (non-hydrogen) atoms. The van der Waals surface area contributed by atoms with Crippen LogP contribution in [0.25, 0.3) is 0 Å². The molecule has 0 aliphatic rings. The SMILES string of the molecule is C=CCCCCCCCCCCOC(=O)c1cccc(S(=O)(=O)[O-])c1C(=O)OCCCCCCCCCCC=C.[Na+]. The van der Waals surface area contributed by atoms with Crippen LogP contribution in [0.2, 0.25) is 0 Å². The van der Waals surface area contributed by atoms with E-state index in [9.17, 15) is 22.6 Å². The zero-order chi connectivity index (χ0) is 29.5. The summed E-state index contributed by atoms with van der Waals surface area (Å²) < 4.78 is 46.1. The topological polar surface area (TPSA) is 110 Å². The van der Waals surface area contributed by atoms with Crippen molar-refractivity contribution in [2.45, 2.75) is 120 Å². The Labute approximate surface area is 270 Å². The Morgan fingerprint density at radius 2 is 1.05 bits per heavy atom. The van der Waals surface area contributed by atoms with Gasteiger partial charge in [0.15, 0.2) is 0 Å². The van der Waals surface area contributed by atoms with Crippen LogP contribution in [0.3, 0.4) is 0 Å². The first-order valence-corrected chi connectivity index (χ1v) is 16.4. The summed E-state index contributed by atoms with van der Waals surface area (Å²) in [4.78, 5) is 24.8. The van der Waals surface area contributed by atoms with Crippen LogP contribution < -0.4 is 29.6 Å². The van der Waals surface area contributed by atoms with Crippen LogP contribution in [0, 0.1) is 0 Å². The van der Waals surface area contributed by atoms with E-state index in [-0.39, 0.29) is 48.3 Å². The third-order valence-electron chi connectivity index (χ3n) is 6.79. The van der Waals surface area contributed by atoms with Gasteiger partial charge in [-0.3, -0.25) is 0 Å². The van der Waals surface area contributed by atoms with Crippen molar-refractivity contribution in [3.63, 3.8) is 0 Å². The second-order valence-electron chi connectivity index (χ2n) is 10.2. The van der Waals surface area contributed by atoms with E-state index in [1.165, 1.54) is 57.1 Å². The van der Waals surface area contributed by atoms with Crippen LogP contribution in [-0.4, -0.2) is 38.1 Å². The van der Waals surface area contributed by atoms with Gasteiger partial charge in [0.25, 0.3) is 0 Å². The summed E-state index contributed by atoms with van der Waals surface area (Å²) in [6.45, 7) is 7.68. The van der Waals surface area contributed by atoms with E-state index in [0.717, 1.165) is 63.9 Å². The maximum absolute atomic E-state index is 12.8. The Morgan fingerprint density at radius 3 is 1.46 bits per heavy atom. The van der Waals surface area contributed by atoms with Crippen LogP contribution in [0.5, 0.6) is 0 Å². The standard InChI is InChI=1S/C32H50O7S.Na/c1-3-5-7-9-11-13-15-17-19-21-26-38-31(33)28-24-23-25-29(40(35,36)37)30(28)32(34)39-27-22-20-18-16-14-12-10-8-6-4-2;/h3-4,23-25H,1-2,5-22,26-27H2,(H,35,36,37);/q;+1/p-1. The molecule has 0 amide bonds. The summed E-state index contributed by atoms with van der Waals surface area (Å²) >= 11 is 0. The maximum atomic E-state index is 12.8. The molecule has 0 spiro atoms. The molecule has 0 aliphatic carbocycles. The summed E-state index contributed by atoms with van der Waals surface area (Å²) in [5, 5.41) is 0. The molecule has 0 radical (unpaired) electrons. The molecular weight excluding hydrogens is 551 g/mol. The summed E-state index contributed by atoms with van der Waals surface area (Å²) in [5.74, 6) is -1.84. The van der Waals surface area contributed by atoms with E-state index in [0.29, 0.717) is 12.8 Å². The third-order valence-corrected chi connectivity index (χ3v) is 7.67. The molecule has 1 rings (SSSR count). The number of carbonyl (C=O) groups is 2. The fourth-order valence-corrected chi connectivity index (χ4v) is 5.19. The molecule has 0 atom stereocenters. The molecule has 0 aromatic heterocycles. The van der Waals surface area contributed by atoms with Gasteiger partial charge in [-0.2, -0.15) is 0 Å². The Hall–Kier alpha value is -1.45. The van der Waals surface area contributed by atoms with Crippen LogP contribution in [0.15, 0.2) is 48.4 Å². The van der Waals surface area contributed by atoms with Gasteiger partial charge in [-0.25, -0.2) is 18.0 Å². The van der Waals surface area contributed by atoms with Crippen molar-refractivity contribution in [2.24, 2.45) is 0 Å². The van der Waals surface area contributed by atoms with Crippen molar-refractivity contribution in [1.82, 2.24) is 0 Å². The largest absolute Gasteiger partial charge is 1.00 e. The molecule has 0 fully saturated rings. The monoisotopic (exact) mass is 600 g/mol. The number of rotatable bonds is 25. The molecule has 0 saturated heterocycles. The van der Waals surface area contributed by atoms with Gasteiger partial charge < -0.3 is 14.0 Å². The van der Waals surface area contributed by atoms with Gasteiger partial charge in [0.2, 0.25) is 0 Å².